The fraction of sp³-hybridized carbons (Fsp3) is 0.571. The molecule has 2 aliphatic carbocycles. The van der Waals surface area contributed by atoms with Crippen LogP contribution in [-0.2, 0) is 0 Å². The topological polar surface area (TPSA) is 0 Å². The molecule has 0 heterocycles. The van der Waals surface area contributed by atoms with Gasteiger partial charge in [0, 0.05) is 0 Å². The van der Waals surface area contributed by atoms with Crippen LogP contribution in [0.25, 0.3) is 11.1 Å². The molecule has 0 spiro atoms. The number of halogens is 1. The third kappa shape index (κ3) is 4.93. The first-order valence-corrected chi connectivity index (χ1v) is 12.0. The SMILES string of the molecule is CCCC1CCC(C2CCC(c3ccc(-c4ccc(C)c(F)c4)cc3)CC2)CC1. The van der Waals surface area contributed by atoms with Crippen LogP contribution in [0.4, 0.5) is 4.39 Å². The van der Waals surface area contributed by atoms with Crippen molar-refractivity contribution >= 4 is 0 Å². The Balaban J connectivity index is 1.31. The predicted molar refractivity (Wildman–Crippen MR) is 122 cm³/mol. The van der Waals surface area contributed by atoms with Gasteiger partial charge in [0.25, 0.3) is 0 Å². The van der Waals surface area contributed by atoms with Crippen LogP contribution >= 0.6 is 0 Å². The molecule has 0 N–H and O–H groups in total. The van der Waals surface area contributed by atoms with Gasteiger partial charge < -0.3 is 0 Å². The first-order valence-electron chi connectivity index (χ1n) is 12.0. The van der Waals surface area contributed by atoms with Crippen LogP contribution < -0.4 is 0 Å². The second-order valence-corrected chi connectivity index (χ2v) is 9.77. The molecule has 4 rings (SSSR count). The minimum absolute atomic E-state index is 0.117. The Morgan fingerprint density at radius 1 is 0.759 bits per heavy atom. The van der Waals surface area contributed by atoms with Crippen molar-refractivity contribution in [1.82, 2.24) is 0 Å². The molecule has 0 radical (unpaired) electrons. The first-order chi connectivity index (χ1) is 14.1. The molecule has 2 aliphatic rings. The molecule has 0 atom stereocenters. The van der Waals surface area contributed by atoms with Gasteiger partial charge in [0.2, 0.25) is 0 Å². The van der Waals surface area contributed by atoms with E-state index in [2.05, 4.69) is 31.2 Å². The van der Waals surface area contributed by atoms with Crippen molar-refractivity contribution in [2.24, 2.45) is 17.8 Å². The van der Waals surface area contributed by atoms with Gasteiger partial charge in [-0.1, -0.05) is 69.0 Å². The molecule has 2 aromatic rings. The molecule has 0 nitrogen and oxygen atoms in total. The first kappa shape index (κ1) is 20.6. The van der Waals surface area contributed by atoms with Crippen molar-refractivity contribution in [2.75, 3.05) is 0 Å². The lowest BCUT2D eigenvalue weighted by atomic mass is 9.68. The van der Waals surface area contributed by atoms with Crippen molar-refractivity contribution in [1.29, 1.82) is 0 Å². The van der Waals surface area contributed by atoms with Crippen LogP contribution in [0.3, 0.4) is 0 Å². The van der Waals surface area contributed by atoms with Crippen molar-refractivity contribution in [3.63, 3.8) is 0 Å². The number of benzene rings is 2. The fourth-order valence-corrected chi connectivity index (χ4v) is 6.00. The van der Waals surface area contributed by atoms with E-state index in [9.17, 15) is 4.39 Å². The summed E-state index contributed by atoms with van der Waals surface area (Å²) in [6, 6.07) is 14.5. The predicted octanol–water partition coefficient (Wildman–Crippen LogP) is 8.68. The average Bonchev–Trinajstić information content (AvgIpc) is 2.77. The lowest BCUT2D eigenvalue weighted by Crippen LogP contribution is -2.25. The van der Waals surface area contributed by atoms with E-state index in [1.54, 1.807) is 6.07 Å². The van der Waals surface area contributed by atoms with Crippen molar-refractivity contribution < 1.29 is 4.39 Å². The number of aryl methyl sites for hydroxylation is 1. The highest BCUT2D eigenvalue weighted by Crippen LogP contribution is 2.44. The second-order valence-electron chi connectivity index (χ2n) is 9.77. The van der Waals surface area contributed by atoms with Crippen molar-refractivity contribution in [2.45, 2.75) is 84.0 Å². The third-order valence-electron chi connectivity index (χ3n) is 7.91. The van der Waals surface area contributed by atoms with Crippen LogP contribution in [0.5, 0.6) is 0 Å². The van der Waals surface area contributed by atoms with Crippen LogP contribution in [0.1, 0.15) is 88.2 Å². The maximum atomic E-state index is 13.9. The highest BCUT2D eigenvalue weighted by atomic mass is 19.1. The third-order valence-corrected chi connectivity index (χ3v) is 7.91. The lowest BCUT2D eigenvalue weighted by Gasteiger charge is -2.38. The van der Waals surface area contributed by atoms with E-state index in [-0.39, 0.29) is 5.82 Å². The van der Waals surface area contributed by atoms with Gasteiger partial charge in [-0.2, -0.15) is 0 Å². The molecule has 1 heteroatoms. The Morgan fingerprint density at radius 3 is 1.93 bits per heavy atom. The molecular weight excluding hydrogens is 355 g/mol. The zero-order valence-corrected chi connectivity index (χ0v) is 18.3. The highest BCUT2D eigenvalue weighted by molar-refractivity contribution is 5.64. The minimum Gasteiger partial charge on any atom is -0.207 e. The summed E-state index contributed by atoms with van der Waals surface area (Å²) in [5.74, 6) is 3.60. The molecule has 0 aromatic heterocycles. The van der Waals surface area contributed by atoms with Gasteiger partial charge in [-0.15, -0.1) is 0 Å². The maximum absolute atomic E-state index is 13.9. The zero-order chi connectivity index (χ0) is 20.2. The van der Waals surface area contributed by atoms with Crippen LogP contribution in [0.15, 0.2) is 42.5 Å². The summed E-state index contributed by atoms with van der Waals surface area (Å²) >= 11 is 0. The maximum Gasteiger partial charge on any atom is 0.126 e. The van der Waals surface area contributed by atoms with Crippen LogP contribution in [0, 0.1) is 30.5 Å². The van der Waals surface area contributed by atoms with Crippen LogP contribution in [-0.4, -0.2) is 0 Å². The van der Waals surface area contributed by atoms with Gasteiger partial charge in [0.05, 0.1) is 0 Å². The van der Waals surface area contributed by atoms with E-state index >= 15 is 0 Å². The summed E-state index contributed by atoms with van der Waals surface area (Å²) in [5, 5.41) is 0. The normalized spacial score (nSPS) is 27.7. The molecular formula is C28H37F. The molecule has 29 heavy (non-hydrogen) atoms. The minimum atomic E-state index is -0.117. The van der Waals surface area contributed by atoms with Gasteiger partial charge in [-0.3, -0.25) is 0 Å². The van der Waals surface area contributed by atoms with Crippen molar-refractivity contribution in [3.8, 4) is 11.1 Å². The standard InChI is InChI=1S/C28H37F/c1-3-4-21-6-9-22(10-7-21)23-11-13-24(14-12-23)25-15-17-26(18-16-25)27-8-5-20(2)28(29)19-27/h5,8,15-19,21-24H,3-4,6-7,9-14H2,1-2H3. The molecule has 0 unspecified atom stereocenters. The van der Waals surface area contributed by atoms with Gasteiger partial charge in [0.1, 0.15) is 5.82 Å². The monoisotopic (exact) mass is 392 g/mol. The summed E-state index contributed by atoms with van der Waals surface area (Å²) in [4.78, 5) is 0. The largest absolute Gasteiger partial charge is 0.207 e. The molecule has 156 valence electrons. The molecule has 2 fully saturated rings. The summed E-state index contributed by atoms with van der Waals surface area (Å²) in [5.41, 5.74) is 4.28. The van der Waals surface area contributed by atoms with E-state index in [1.165, 1.54) is 69.8 Å². The molecule has 2 saturated carbocycles. The Labute approximate surface area is 176 Å². The van der Waals surface area contributed by atoms with E-state index in [0.717, 1.165) is 28.9 Å². The average molecular weight is 393 g/mol. The van der Waals surface area contributed by atoms with Gasteiger partial charge in [0.15, 0.2) is 0 Å². The van der Waals surface area contributed by atoms with Gasteiger partial charge in [-0.05, 0) is 97.4 Å². The van der Waals surface area contributed by atoms with Gasteiger partial charge >= 0.3 is 0 Å². The molecule has 2 aromatic carbocycles. The Bertz CT molecular complexity index is 774. The molecule has 0 aliphatic heterocycles. The van der Waals surface area contributed by atoms with E-state index in [4.69, 9.17) is 0 Å². The number of hydrogen-bond acceptors (Lipinski definition) is 0. The number of rotatable bonds is 5. The molecule has 0 saturated heterocycles. The Hall–Kier alpha value is -1.63. The quantitative estimate of drug-likeness (QED) is 0.477. The van der Waals surface area contributed by atoms with E-state index in [1.807, 2.05) is 19.1 Å². The summed E-state index contributed by atoms with van der Waals surface area (Å²) < 4.78 is 13.9. The summed E-state index contributed by atoms with van der Waals surface area (Å²) in [6.07, 6.45) is 14.3. The lowest BCUT2D eigenvalue weighted by molar-refractivity contribution is 0.156. The van der Waals surface area contributed by atoms with Crippen LogP contribution in [0.2, 0.25) is 0 Å². The summed E-state index contributed by atoms with van der Waals surface area (Å²) in [6.45, 7) is 4.15. The van der Waals surface area contributed by atoms with E-state index < -0.39 is 0 Å². The van der Waals surface area contributed by atoms with Gasteiger partial charge in [-0.25, -0.2) is 4.39 Å². The summed E-state index contributed by atoms with van der Waals surface area (Å²) in [7, 11) is 0. The van der Waals surface area contributed by atoms with Crippen molar-refractivity contribution in [3.05, 3.63) is 59.4 Å². The Morgan fingerprint density at radius 2 is 1.34 bits per heavy atom. The fourth-order valence-electron chi connectivity index (χ4n) is 6.00. The van der Waals surface area contributed by atoms with E-state index in [0.29, 0.717) is 11.5 Å². The second kappa shape index (κ2) is 9.45. The molecule has 0 bridgehead atoms. The smallest absolute Gasteiger partial charge is 0.126 e. The molecule has 0 amide bonds. The zero-order valence-electron chi connectivity index (χ0n) is 18.3. The highest BCUT2D eigenvalue weighted by Gasteiger charge is 2.31. The number of hydrogen-bond donors (Lipinski definition) is 0. The Kier molecular flexibility index (Phi) is 6.73.